The number of ether oxygens (including phenoxy) is 6. The molecule has 0 aliphatic carbocycles. The van der Waals surface area contributed by atoms with E-state index in [1.54, 1.807) is 14.2 Å². The van der Waals surface area contributed by atoms with Crippen LogP contribution in [0.15, 0.2) is 78.9 Å². The maximum atomic E-state index is 12.5. The van der Waals surface area contributed by atoms with E-state index in [0.717, 1.165) is 28.2 Å². The van der Waals surface area contributed by atoms with Gasteiger partial charge >= 0.3 is 5.97 Å². The largest absolute Gasteiger partial charge is 0.497 e. The minimum Gasteiger partial charge on any atom is -0.497 e. The number of amides is 1. The summed E-state index contributed by atoms with van der Waals surface area (Å²) in [5.74, 6) is 0.561. The highest BCUT2D eigenvalue weighted by Gasteiger charge is 2.42. The van der Waals surface area contributed by atoms with Crippen LogP contribution in [0.25, 0.3) is 0 Å². The molecule has 1 aliphatic rings. The molecule has 3 aromatic carbocycles. The highest BCUT2D eigenvalue weighted by molar-refractivity contribution is 5.77. The summed E-state index contributed by atoms with van der Waals surface area (Å²) in [6, 6.07) is 25.5. The van der Waals surface area contributed by atoms with Gasteiger partial charge in [0.25, 0.3) is 0 Å². The summed E-state index contributed by atoms with van der Waals surface area (Å²) in [6.07, 6.45) is -0.686. The molecular weight excluding hydrogens is 526 g/mol. The van der Waals surface area contributed by atoms with E-state index in [2.05, 4.69) is 5.32 Å². The molecule has 1 N–H and O–H groups in total. The van der Waals surface area contributed by atoms with Crippen LogP contribution < -0.4 is 14.8 Å². The molecule has 0 saturated carbocycles. The monoisotopic (exact) mass is 563 g/mol. The lowest BCUT2D eigenvalue weighted by Crippen LogP contribution is -2.39. The third kappa shape index (κ3) is 7.24. The zero-order valence-corrected chi connectivity index (χ0v) is 23.8. The lowest BCUT2D eigenvalue weighted by molar-refractivity contribution is -0.160. The van der Waals surface area contributed by atoms with Crippen molar-refractivity contribution in [1.29, 1.82) is 0 Å². The number of likely N-dealkylation sites (N-methyl/N-ethyl adjacent to an activating group) is 1. The average molecular weight is 564 g/mol. The Bertz CT molecular complexity index is 1220. The predicted molar refractivity (Wildman–Crippen MR) is 152 cm³/mol. The standard InChI is InChI=1S/C32H37NO8/c1-22-18-28(41-31(35)21-38-20-30(34)33-2)29(40-22)19-39-32(23-8-6-5-7-9-23,24-10-14-26(36-3)15-11-24)25-12-16-27(37-4)17-13-25/h5-17,22,28-29H,18-21H2,1-4H3,(H,33,34)/t22-,28?,29+/m0/s1. The van der Waals surface area contributed by atoms with E-state index in [-0.39, 0.29) is 31.8 Å². The Morgan fingerprint density at radius 2 is 1.41 bits per heavy atom. The summed E-state index contributed by atoms with van der Waals surface area (Å²) in [5, 5.41) is 2.44. The molecule has 0 aromatic heterocycles. The van der Waals surface area contributed by atoms with Crippen molar-refractivity contribution in [1.82, 2.24) is 5.32 Å². The highest BCUT2D eigenvalue weighted by Crippen LogP contribution is 2.42. The highest BCUT2D eigenvalue weighted by atomic mass is 16.6. The molecule has 4 rings (SSSR count). The van der Waals surface area contributed by atoms with Gasteiger partial charge in [-0.2, -0.15) is 0 Å². The first-order valence-corrected chi connectivity index (χ1v) is 13.5. The van der Waals surface area contributed by atoms with Crippen molar-refractivity contribution < 1.29 is 38.0 Å². The van der Waals surface area contributed by atoms with E-state index < -0.39 is 23.8 Å². The van der Waals surface area contributed by atoms with Gasteiger partial charge in [-0.1, -0.05) is 54.6 Å². The lowest BCUT2D eigenvalue weighted by Gasteiger charge is -2.37. The van der Waals surface area contributed by atoms with Crippen molar-refractivity contribution in [3.05, 3.63) is 95.6 Å². The maximum absolute atomic E-state index is 12.5. The summed E-state index contributed by atoms with van der Waals surface area (Å²) in [4.78, 5) is 23.9. The van der Waals surface area contributed by atoms with E-state index in [1.807, 2.05) is 85.8 Å². The van der Waals surface area contributed by atoms with Crippen LogP contribution in [0, 0.1) is 0 Å². The van der Waals surface area contributed by atoms with Crippen LogP contribution in [0.4, 0.5) is 0 Å². The van der Waals surface area contributed by atoms with Gasteiger partial charge in [0.15, 0.2) is 0 Å². The van der Waals surface area contributed by atoms with E-state index in [4.69, 9.17) is 28.4 Å². The normalized spacial score (nSPS) is 18.5. The Morgan fingerprint density at radius 1 is 0.854 bits per heavy atom. The van der Waals surface area contributed by atoms with Crippen LogP contribution in [0.3, 0.4) is 0 Å². The number of benzene rings is 3. The maximum Gasteiger partial charge on any atom is 0.332 e. The summed E-state index contributed by atoms with van der Waals surface area (Å²) in [7, 11) is 4.76. The molecule has 1 amide bonds. The Balaban J connectivity index is 1.64. The zero-order chi connectivity index (χ0) is 29.2. The topological polar surface area (TPSA) is 102 Å². The summed E-state index contributed by atoms with van der Waals surface area (Å²) >= 11 is 0. The first kappa shape index (κ1) is 30.0. The first-order chi connectivity index (χ1) is 19.9. The Morgan fingerprint density at radius 3 is 1.95 bits per heavy atom. The third-order valence-corrected chi connectivity index (χ3v) is 7.04. The van der Waals surface area contributed by atoms with Crippen LogP contribution in [0.1, 0.15) is 30.0 Å². The molecule has 9 nitrogen and oxygen atoms in total. The fourth-order valence-corrected chi connectivity index (χ4v) is 4.97. The number of carbonyl (C=O) groups is 2. The molecule has 0 radical (unpaired) electrons. The molecule has 0 bridgehead atoms. The van der Waals surface area contributed by atoms with Crippen LogP contribution in [-0.2, 0) is 34.1 Å². The fourth-order valence-electron chi connectivity index (χ4n) is 4.97. The predicted octanol–water partition coefficient (Wildman–Crippen LogP) is 3.86. The number of hydrogen-bond donors (Lipinski definition) is 1. The minimum absolute atomic E-state index is 0.133. The van der Waals surface area contributed by atoms with E-state index in [0.29, 0.717) is 6.42 Å². The van der Waals surface area contributed by atoms with Crippen LogP contribution in [-0.4, -0.2) is 71.3 Å². The van der Waals surface area contributed by atoms with Gasteiger partial charge in [-0.15, -0.1) is 0 Å². The molecule has 218 valence electrons. The van der Waals surface area contributed by atoms with Gasteiger partial charge in [-0.3, -0.25) is 4.79 Å². The number of esters is 1. The molecular formula is C32H37NO8. The van der Waals surface area contributed by atoms with E-state index >= 15 is 0 Å². The number of rotatable bonds is 13. The number of methoxy groups -OCH3 is 2. The second kappa shape index (κ2) is 14.1. The van der Waals surface area contributed by atoms with Gasteiger partial charge < -0.3 is 33.7 Å². The van der Waals surface area contributed by atoms with Gasteiger partial charge in [-0.25, -0.2) is 4.79 Å². The van der Waals surface area contributed by atoms with Crippen LogP contribution in [0.2, 0.25) is 0 Å². The quantitative estimate of drug-likeness (QED) is 0.247. The van der Waals surface area contributed by atoms with Crippen molar-refractivity contribution in [2.45, 2.75) is 37.3 Å². The molecule has 1 unspecified atom stereocenters. The van der Waals surface area contributed by atoms with E-state index in [1.165, 1.54) is 7.05 Å². The van der Waals surface area contributed by atoms with Gasteiger partial charge in [0.1, 0.15) is 42.5 Å². The summed E-state index contributed by atoms with van der Waals surface area (Å²) in [6.45, 7) is 1.51. The minimum atomic E-state index is -1.03. The van der Waals surface area contributed by atoms with Crippen LogP contribution in [0.5, 0.6) is 11.5 Å². The molecule has 3 aromatic rings. The van der Waals surface area contributed by atoms with Gasteiger partial charge in [0.05, 0.1) is 26.9 Å². The second-order valence-electron chi connectivity index (χ2n) is 9.73. The Hall–Kier alpha value is -3.92. The summed E-state index contributed by atoms with van der Waals surface area (Å²) in [5.41, 5.74) is 1.66. The first-order valence-electron chi connectivity index (χ1n) is 13.5. The third-order valence-electron chi connectivity index (χ3n) is 7.04. The van der Waals surface area contributed by atoms with Crippen LogP contribution >= 0.6 is 0 Å². The van der Waals surface area contributed by atoms with Crippen molar-refractivity contribution in [3.63, 3.8) is 0 Å². The molecule has 1 fully saturated rings. The average Bonchev–Trinajstić information content (AvgIpc) is 3.36. The molecule has 3 atom stereocenters. The Kier molecular flexibility index (Phi) is 10.3. The SMILES string of the molecule is CNC(=O)COCC(=O)OC1C[C@H](C)O[C@@H]1COC(c1ccccc1)(c1ccc(OC)cc1)c1ccc(OC)cc1. The summed E-state index contributed by atoms with van der Waals surface area (Å²) < 4.78 is 34.8. The second-order valence-corrected chi connectivity index (χ2v) is 9.73. The molecule has 9 heteroatoms. The number of hydrogen-bond acceptors (Lipinski definition) is 8. The number of nitrogens with one attached hydrogen (secondary N) is 1. The fraction of sp³-hybridized carbons (Fsp3) is 0.375. The van der Waals surface area contributed by atoms with Crippen molar-refractivity contribution in [2.24, 2.45) is 0 Å². The van der Waals surface area contributed by atoms with Crippen molar-refractivity contribution >= 4 is 11.9 Å². The molecule has 41 heavy (non-hydrogen) atoms. The zero-order valence-electron chi connectivity index (χ0n) is 23.8. The van der Waals surface area contributed by atoms with E-state index in [9.17, 15) is 9.59 Å². The van der Waals surface area contributed by atoms with Crippen molar-refractivity contribution in [3.8, 4) is 11.5 Å². The smallest absolute Gasteiger partial charge is 0.332 e. The van der Waals surface area contributed by atoms with Gasteiger partial charge in [-0.05, 0) is 47.9 Å². The van der Waals surface area contributed by atoms with Gasteiger partial charge in [0, 0.05) is 13.5 Å². The van der Waals surface area contributed by atoms with Crippen molar-refractivity contribution in [2.75, 3.05) is 41.1 Å². The molecule has 1 saturated heterocycles. The molecule has 1 aliphatic heterocycles. The number of carbonyl (C=O) groups excluding carboxylic acids is 2. The van der Waals surface area contributed by atoms with Gasteiger partial charge in [0.2, 0.25) is 5.91 Å². The molecule has 1 heterocycles. The lowest BCUT2D eigenvalue weighted by atomic mass is 9.80. The molecule has 0 spiro atoms. The Labute approximate surface area is 240 Å².